The quantitative estimate of drug-likeness (QED) is 0.496. The van der Waals surface area contributed by atoms with E-state index in [9.17, 15) is 0 Å². The molecule has 0 aliphatic carbocycles. The maximum absolute atomic E-state index is 3.45. The van der Waals surface area contributed by atoms with Crippen LogP contribution in [-0.4, -0.2) is 6.04 Å². The largest absolute Gasteiger partial charge is 0.386 e. The van der Waals surface area contributed by atoms with Crippen molar-refractivity contribution in [3.05, 3.63) is 11.8 Å². The van der Waals surface area contributed by atoms with Crippen LogP contribution in [0, 0.1) is 0 Å². The molecule has 1 nitrogen and oxygen atoms in total. The molecule has 0 amide bonds. The minimum Gasteiger partial charge on any atom is -0.386 e. The third-order valence-electron chi connectivity index (χ3n) is 2.06. The van der Waals surface area contributed by atoms with E-state index in [0.29, 0.717) is 0 Å². The third kappa shape index (κ3) is 0.540. The molecule has 1 saturated heterocycles. The molecule has 2 bridgehead atoms. The Morgan fingerprint density at radius 3 is 3.25 bits per heavy atom. The fourth-order valence-corrected chi connectivity index (χ4v) is 1.57. The van der Waals surface area contributed by atoms with Crippen LogP contribution in [0.3, 0.4) is 0 Å². The Morgan fingerprint density at radius 1 is 1.50 bits per heavy atom. The monoisotopic (exact) mass is 109 g/mol. The van der Waals surface area contributed by atoms with E-state index in [0.717, 1.165) is 6.04 Å². The first-order chi connectivity index (χ1) is 3.95. The maximum atomic E-state index is 3.45. The molecular weight excluding hydrogens is 98.1 g/mol. The van der Waals surface area contributed by atoms with Crippen LogP contribution in [-0.2, 0) is 0 Å². The first kappa shape index (κ1) is 4.42. The van der Waals surface area contributed by atoms with Crippen molar-refractivity contribution in [2.45, 2.75) is 31.7 Å². The van der Waals surface area contributed by atoms with Gasteiger partial charge < -0.3 is 5.32 Å². The van der Waals surface area contributed by atoms with Gasteiger partial charge in [-0.3, -0.25) is 0 Å². The van der Waals surface area contributed by atoms with E-state index in [4.69, 9.17) is 0 Å². The van der Waals surface area contributed by atoms with Crippen LogP contribution in [0.1, 0.15) is 25.7 Å². The van der Waals surface area contributed by atoms with Gasteiger partial charge in [-0.05, 0) is 25.7 Å². The zero-order chi connectivity index (χ0) is 5.40. The van der Waals surface area contributed by atoms with E-state index >= 15 is 0 Å². The van der Waals surface area contributed by atoms with Gasteiger partial charge in [-0.15, -0.1) is 0 Å². The van der Waals surface area contributed by atoms with Crippen molar-refractivity contribution in [2.24, 2.45) is 0 Å². The van der Waals surface area contributed by atoms with Gasteiger partial charge in [0.1, 0.15) is 0 Å². The lowest BCUT2D eigenvalue weighted by Crippen LogP contribution is -2.22. The number of hydrogen-bond acceptors (Lipinski definition) is 1. The molecule has 1 atom stereocenters. The van der Waals surface area contributed by atoms with E-state index in [1.54, 1.807) is 0 Å². The second kappa shape index (κ2) is 1.51. The lowest BCUT2D eigenvalue weighted by Gasteiger charge is -2.13. The Morgan fingerprint density at radius 2 is 2.50 bits per heavy atom. The van der Waals surface area contributed by atoms with Gasteiger partial charge in [0.15, 0.2) is 0 Å². The summed E-state index contributed by atoms with van der Waals surface area (Å²) in [6.45, 7) is 0. The van der Waals surface area contributed by atoms with Crippen molar-refractivity contribution in [3.63, 3.8) is 0 Å². The minimum absolute atomic E-state index is 0.843. The van der Waals surface area contributed by atoms with Gasteiger partial charge in [-0.25, -0.2) is 0 Å². The van der Waals surface area contributed by atoms with E-state index in [1.807, 2.05) is 0 Å². The average Bonchev–Trinajstić information content (AvgIpc) is 2.12. The smallest absolute Gasteiger partial charge is 0.0264 e. The maximum Gasteiger partial charge on any atom is 0.0264 e. The number of allylic oxidation sites excluding steroid dienone is 2. The first-order valence-electron chi connectivity index (χ1n) is 3.41. The predicted molar refractivity (Wildman–Crippen MR) is 33.5 cm³/mol. The summed E-state index contributed by atoms with van der Waals surface area (Å²) >= 11 is 0. The molecule has 44 valence electrons. The molecule has 2 aliphatic heterocycles. The van der Waals surface area contributed by atoms with Crippen LogP contribution in [0.15, 0.2) is 11.8 Å². The van der Waals surface area contributed by atoms with Crippen LogP contribution in [0.4, 0.5) is 0 Å². The predicted octanol–water partition coefficient (Wildman–Crippen LogP) is 1.42. The Labute approximate surface area is 49.8 Å². The topological polar surface area (TPSA) is 12.0 Å². The Bertz CT molecular complexity index is 124. The molecule has 0 saturated carbocycles. The van der Waals surface area contributed by atoms with E-state index in [-0.39, 0.29) is 0 Å². The summed E-state index contributed by atoms with van der Waals surface area (Å²) in [6.07, 6.45) is 7.70. The summed E-state index contributed by atoms with van der Waals surface area (Å²) in [7, 11) is 0. The number of rotatable bonds is 0. The van der Waals surface area contributed by atoms with Crippen LogP contribution >= 0.6 is 0 Å². The molecule has 1 unspecified atom stereocenters. The zero-order valence-electron chi connectivity index (χ0n) is 4.98. The Hall–Kier alpha value is -0.460. The van der Waals surface area contributed by atoms with Gasteiger partial charge in [-0.2, -0.15) is 0 Å². The van der Waals surface area contributed by atoms with E-state index < -0.39 is 0 Å². The fourth-order valence-electron chi connectivity index (χ4n) is 1.57. The molecule has 0 radical (unpaired) electrons. The molecule has 0 aromatic carbocycles. The summed E-state index contributed by atoms with van der Waals surface area (Å²) < 4.78 is 0. The van der Waals surface area contributed by atoms with Crippen LogP contribution < -0.4 is 5.32 Å². The summed E-state index contributed by atoms with van der Waals surface area (Å²) in [5, 5.41) is 3.45. The highest BCUT2D eigenvalue weighted by Crippen LogP contribution is 2.24. The highest BCUT2D eigenvalue weighted by Gasteiger charge is 2.20. The van der Waals surface area contributed by atoms with Gasteiger partial charge >= 0.3 is 0 Å². The van der Waals surface area contributed by atoms with Crippen molar-refractivity contribution < 1.29 is 0 Å². The third-order valence-corrected chi connectivity index (χ3v) is 2.06. The van der Waals surface area contributed by atoms with Gasteiger partial charge in [0.05, 0.1) is 0 Å². The molecule has 0 spiro atoms. The van der Waals surface area contributed by atoms with Gasteiger partial charge in [0.2, 0.25) is 0 Å². The van der Waals surface area contributed by atoms with Crippen molar-refractivity contribution in [1.82, 2.24) is 5.32 Å². The summed E-state index contributed by atoms with van der Waals surface area (Å²) in [6, 6.07) is 0.843. The van der Waals surface area contributed by atoms with Gasteiger partial charge in [0.25, 0.3) is 0 Å². The molecule has 1 fully saturated rings. The van der Waals surface area contributed by atoms with Crippen LogP contribution in [0.25, 0.3) is 0 Å². The van der Waals surface area contributed by atoms with Crippen LogP contribution in [0.2, 0.25) is 0 Å². The second-order valence-corrected chi connectivity index (χ2v) is 2.69. The lowest BCUT2D eigenvalue weighted by molar-refractivity contribution is 0.559. The summed E-state index contributed by atoms with van der Waals surface area (Å²) in [5.41, 5.74) is 1.50. The number of hydrogen-bond donors (Lipinski definition) is 1. The minimum atomic E-state index is 0.843. The fraction of sp³-hybridized carbons (Fsp3) is 0.714. The lowest BCUT2D eigenvalue weighted by atomic mass is 10.1. The molecule has 8 heavy (non-hydrogen) atoms. The Balaban J connectivity index is 2.22. The average molecular weight is 109 g/mol. The molecule has 0 aromatic heterocycles. The molecule has 2 rings (SSSR count). The summed E-state index contributed by atoms with van der Waals surface area (Å²) in [4.78, 5) is 0. The molecule has 1 heteroatoms. The Kier molecular flexibility index (Phi) is 0.833. The standard InChI is InChI=1S/C7H11N/c1-2-6-4-5-7(3-1)8-6/h2,7-8H,1,3-5H2. The molecule has 1 N–H and O–H groups in total. The number of nitrogens with one attached hydrogen (secondary N) is 1. The van der Waals surface area contributed by atoms with Crippen molar-refractivity contribution in [3.8, 4) is 0 Å². The van der Waals surface area contributed by atoms with Crippen molar-refractivity contribution in [1.29, 1.82) is 0 Å². The van der Waals surface area contributed by atoms with E-state index in [1.165, 1.54) is 31.4 Å². The number of fused-ring (bicyclic) bond motifs is 2. The molecule has 0 aromatic rings. The highest BCUT2D eigenvalue weighted by atomic mass is 15.0. The van der Waals surface area contributed by atoms with Gasteiger partial charge in [-0.1, -0.05) is 6.08 Å². The molecule has 2 heterocycles. The van der Waals surface area contributed by atoms with Crippen LogP contribution in [0.5, 0.6) is 0 Å². The summed E-state index contributed by atoms with van der Waals surface area (Å²) in [5.74, 6) is 0. The first-order valence-corrected chi connectivity index (χ1v) is 3.41. The van der Waals surface area contributed by atoms with E-state index in [2.05, 4.69) is 11.4 Å². The second-order valence-electron chi connectivity index (χ2n) is 2.69. The van der Waals surface area contributed by atoms with Gasteiger partial charge in [0, 0.05) is 11.7 Å². The van der Waals surface area contributed by atoms with Crippen molar-refractivity contribution >= 4 is 0 Å². The molecule has 2 aliphatic rings. The zero-order valence-corrected chi connectivity index (χ0v) is 4.98. The normalized spacial score (nSPS) is 34.0. The SMILES string of the molecule is C1=C2CCC(CC1)N2. The highest BCUT2D eigenvalue weighted by molar-refractivity contribution is 5.10. The molecular formula is C7H11N. The van der Waals surface area contributed by atoms with Crippen molar-refractivity contribution in [2.75, 3.05) is 0 Å².